The number of aryl methyl sites for hydroxylation is 1. The number of carbonyl (C=O) groups is 1. The van der Waals surface area contributed by atoms with Gasteiger partial charge in [0.1, 0.15) is 12.4 Å². The molecule has 0 saturated carbocycles. The predicted molar refractivity (Wildman–Crippen MR) is 98.9 cm³/mol. The third-order valence-electron chi connectivity index (χ3n) is 4.65. The van der Waals surface area contributed by atoms with Crippen LogP contribution in [0.15, 0.2) is 30.3 Å². The van der Waals surface area contributed by atoms with Gasteiger partial charge >= 0.3 is 0 Å². The number of benzene rings is 1. The molecule has 6 heteroatoms. The summed E-state index contributed by atoms with van der Waals surface area (Å²) in [6.07, 6.45) is 2.04. The molecule has 1 fully saturated rings. The highest BCUT2D eigenvalue weighted by atomic mass is 16.2. The Bertz CT molecular complexity index is 735. The van der Waals surface area contributed by atoms with Gasteiger partial charge < -0.3 is 15.5 Å². The van der Waals surface area contributed by atoms with E-state index < -0.39 is 0 Å². The zero-order valence-corrected chi connectivity index (χ0v) is 15.3. The van der Waals surface area contributed by atoms with Crippen molar-refractivity contribution in [2.75, 3.05) is 26.4 Å². The van der Waals surface area contributed by atoms with Crippen LogP contribution in [-0.4, -0.2) is 46.1 Å². The van der Waals surface area contributed by atoms with Crippen LogP contribution in [-0.2, 0) is 17.9 Å². The van der Waals surface area contributed by atoms with Crippen molar-refractivity contribution < 1.29 is 4.79 Å². The fraction of sp³-hybridized carbons (Fsp3) is 0.474. The van der Waals surface area contributed by atoms with Crippen molar-refractivity contribution in [2.24, 2.45) is 0 Å². The first-order valence-electron chi connectivity index (χ1n) is 8.77. The molecule has 1 unspecified atom stereocenters. The summed E-state index contributed by atoms with van der Waals surface area (Å²) in [7, 11) is 4.13. The van der Waals surface area contributed by atoms with E-state index in [2.05, 4.69) is 48.4 Å². The van der Waals surface area contributed by atoms with Gasteiger partial charge in [-0.05, 0) is 45.0 Å². The lowest BCUT2D eigenvalue weighted by atomic mass is 10.0. The van der Waals surface area contributed by atoms with Crippen molar-refractivity contribution in [3.63, 3.8) is 0 Å². The Morgan fingerprint density at radius 2 is 2.04 bits per heavy atom. The SMILES string of the molecule is Cc1cc(N)n(CC(=O)N2CCCC2c2ccc(CN(C)C)cc2)n1. The summed E-state index contributed by atoms with van der Waals surface area (Å²) < 4.78 is 1.59. The number of nitrogens with zero attached hydrogens (tertiary/aromatic N) is 4. The van der Waals surface area contributed by atoms with Crippen LogP contribution >= 0.6 is 0 Å². The fourth-order valence-electron chi connectivity index (χ4n) is 3.53. The minimum atomic E-state index is 0.0784. The van der Waals surface area contributed by atoms with Gasteiger partial charge in [-0.25, -0.2) is 4.68 Å². The van der Waals surface area contributed by atoms with E-state index in [1.165, 1.54) is 11.1 Å². The van der Waals surface area contributed by atoms with E-state index in [4.69, 9.17) is 5.73 Å². The molecular formula is C19H27N5O. The molecule has 6 nitrogen and oxygen atoms in total. The van der Waals surface area contributed by atoms with E-state index >= 15 is 0 Å². The Hall–Kier alpha value is -2.34. The number of likely N-dealkylation sites (tertiary alicyclic amines) is 1. The third kappa shape index (κ3) is 4.02. The van der Waals surface area contributed by atoms with Crippen molar-refractivity contribution >= 4 is 11.7 Å². The van der Waals surface area contributed by atoms with Gasteiger partial charge in [0.15, 0.2) is 0 Å². The third-order valence-corrected chi connectivity index (χ3v) is 4.65. The summed E-state index contributed by atoms with van der Waals surface area (Å²) in [5.74, 6) is 0.615. The maximum atomic E-state index is 12.8. The summed E-state index contributed by atoms with van der Waals surface area (Å²) in [5, 5.41) is 4.30. The van der Waals surface area contributed by atoms with Crippen LogP contribution in [0.2, 0.25) is 0 Å². The second kappa shape index (κ2) is 7.27. The monoisotopic (exact) mass is 341 g/mol. The van der Waals surface area contributed by atoms with Gasteiger partial charge in [0.25, 0.3) is 0 Å². The maximum absolute atomic E-state index is 12.8. The van der Waals surface area contributed by atoms with E-state index in [-0.39, 0.29) is 18.5 Å². The van der Waals surface area contributed by atoms with Crippen LogP contribution < -0.4 is 5.73 Å². The van der Waals surface area contributed by atoms with E-state index in [0.717, 1.165) is 31.6 Å². The molecule has 2 N–H and O–H groups in total. The molecule has 0 aliphatic carbocycles. The fourth-order valence-corrected chi connectivity index (χ4v) is 3.53. The molecule has 134 valence electrons. The van der Waals surface area contributed by atoms with E-state index in [0.29, 0.717) is 5.82 Å². The van der Waals surface area contributed by atoms with Gasteiger partial charge in [-0.2, -0.15) is 5.10 Å². The minimum Gasteiger partial charge on any atom is -0.384 e. The molecule has 0 spiro atoms. The lowest BCUT2D eigenvalue weighted by Gasteiger charge is -2.25. The average Bonchev–Trinajstić information content (AvgIpc) is 3.14. The number of hydrogen-bond donors (Lipinski definition) is 1. The zero-order valence-electron chi connectivity index (χ0n) is 15.3. The molecule has 2 aromatic rings. The molecule has 1 aliphatic rings. The number of aromatic nitrogens is 2. The maximum Gasteiger partial charge on any atom is 0.244 e. The Kier molecular flexibility index (Phi) is 5.08. The summed E-state index contributed by atoms with van der Waals surface area (Å²) in [4.78, 5) is 16.9. The lowest BCUT2D eigenvalue weighted by molar-refractivity contribution is -0.132. The summed E-state index contributed by atoms with van der Waals surface area (Å²) in [5.41, 5.74) is 9.24. The normalized spacial score (nSPS) is 17.4. The topological polar surface area (TPSA) is 67.4 Å². The van der Waals surface area contributed by atoms with Crippen molar-refractivity contribution in [2.45, 2.75) is 38.9 Å². The number of nitrogens with two attached hydrogens (primary N) is 1. The predicted octanol–water partition coefficient (Wildman–Crippen LogP) is 2.20. The van der Waals surface area contributed by atoms with E-state index in [9.17, 15) is 4.79 Å². The molecule has 1 amide bonds. The van der Waals surface area contributed by atoms with Gasteiger partial charge in [-0.1, -0.05) is 24.3 Å². The number of rotatable bonds is 5. The Labute approximate surface area is 149 Å². The Morgan fingerprint density at radius 3 is 2.64 bits per heavy atom. The van der Waals surface area contributed by atoms with Crippen molar-refractivity contribution in [3.05, 3.63) is 47.2 Å². The van der Waals surface area contributed by atoms with Crippen molar-refractivity contribution in [3.8, 4) is 0 Å². The summed E-state index contributed by atoms with van der Waals surface area (Å²) in [6.45, 7) is 3.80. The van der Waals surface area contributed by atoms with E-state index in [1.54, 1.807) is 10.7 Å². The molecule has 2 heterocycles. The molecule has 1 aromatic heterocycles. The number of anilines is 1. The van der Waals surface area contributed by atoms with Crippen LogP contribution in [0.3, 0.4) is 0 Å². The van der Waals surface area contributed by atoms with Crippen LogP contribution in [0.4, 0.5) is 5.82 Å². The standard InChI is InChI=1S/C19H27N5O/c1-14-11-18(20)24(21-14)13-19(25)23-10-4-5-17(23)16-8-6-15(7-9-16)12-22(2)3/h6-9,11,17H,4-5,10,12-13,20H2,1-3H3. The van der Waals surface area contributed by atoms with Crippen molar-refractivity contribution in [1.82, 2.24) is 19.6 Å². The lowest BCUT2D eigenvalue weighted by Crippen LogP contribution is -2.34. The average molecular weight is 341 g/mol. The first kappa shape index (κ1) is 17.5. The molecule has 1 aliphatic heterocycles. The first-order chi connectivity index (χ1) is 11.9. The highest BCUT2D eigenvalue weighted by Crippen LogP contribution is 2.32. The second-order valence-electron chi connectivity index (χ2n) is 7.09. The molecule has 25 heavy (non-hydrogen) atoms. The number of amides is 1. The number of hydrogen-bond acceptors (Lipinski definition) is 4. The molecule has 3 rings (SSSR count). The quantitative estimate of drug-likeness (QED) is 0.905. The molecule has 0 radical (unpaired) electrons. The van der Waals surface area contributed by atoms with Gasteiger partial charge in [0.2, 0.25) is 5.91 Å². The van der Waals surface area contributed by atoms with Gasteiger partial charge in [0, 0.05) is 19.2 Å². The molecule has 1 saturated heterocycles. The molecule has 1 atom stereocenters. The Balaban J connectivity index is 1.71. The highest BCUT2D eigenvalue weighted by molar-refractivity contribution is 5.77. The second-order valence-corrected chi connectivity index (χ2v) is 7.09. The Morgan fingerprint density at radius 1 is 1.32 bits per heavy atom. The largest absolute Gasteiger partial charge is 0.384 e. The summed E-state index contributed by atoms with van der Waals surface area (Å²) in [6, 6.07) is 10.6. The molecule has 1 aromatic carbocycles. The van der Waals surface area contributed by atoms with Gasteiger partial charge in [0.05, 0.1) is 11.7 Å². The smallest absolute Gasteiger partial charge is 0.244 e. The van der Waals surface area contributed by atoms with Crippen LogP contribution in [0.25, 0.3) is 0 Å². The minimum absolute atomic E-state index is 0.0784. The number of nitrogen functional groups attached to an aromatic ring is 1. The zero-order chi connectivity index (χ0) is 18.0. The number of carbonyl (C=O) groups excluding carboxylic acids is 1. The van der Waals surface area contributed by atoms with Gasteiger partial charge in [-0.3, -0.25) is 4.79 Å². The highest BCUT2D eigenvalue weighted by Gasteiger charge is 2.30. The van der Waals surface area contributed by atoms with Crippen LogP contribution in [0, 0.1) is 6.92 Å². The van der Waals surface area contributed by atoms with Crippen molar-refractivity contribution in [1.29, 1.82) is 0 Å². The first-order valence-corrected chi connectivity index (χ1v) is 8.77. The van der Waals surface area contributed by atoms with Gasteiger partial charge in [-0.15, -0.1) is 0 Å². The molecular weight excluding hydrogens is 314 g/mol. The summed E-state index contributed by atoms with van der Waals surface area (Å²) >= 11 is 0. The van der Waals surface area contributed by atoms with Crippen LogP contribution in [0.5, 0.6) is 0 Å². The molecule has 0 bridgehead atoms. The van der Waals surface area contributed by atoms with E-state index in [1.807, 2.05) is 11.8 Å². The van der Waals surface area contributed by atoms with Crippen LogP contribution in [0.1, 0.15) is 35.7 Å².